The number of halogens is 1. The lowest BCUT2D eigenvalue weighted by atomic mass is 9.33. The van der Waals surface area contributed by atoms with Crippen molar-refractivity contribution in [1.29, 1.82) is 0 Å². The summed E-state index contributed by atoms with van der Waals surface area (Å²) in [4.78, 5) is 71.0. The van der Waals surface area contributed by atoms with Crippen LogP contribution in [0.3, 0.4) is 0 Å². The number of ketones is 1. The minimum Gasteiger partial charge on any atom is -0.481 e. The number of carboxylic acids is 2. The zero-order valence-corrected chi connectivity index (χ0v) is 43.2. The standard InChI is InChI=1S/C54H81ClN2O9/c1-33(2)44-37(58)28-54(41(66-43(60)30-49(5,6)47(63)64)32-57(27-26-56(12)13)31-34-14-16-35(55)17-15-34)25-24-52(10)36(45(44)54)18-19-39-51(9)22-21-40(65-42(59)29-48(3,4)46(61)62)50(7,8)38(51)20-23-53(39,52)11/h14-17,33,36,38-41H,18-32H2,1-13H3,(H,61,62)(H,63,64)/t36-,38?,39-,40+,41-,51+,52-,53-,54+/m1/s1. The fraction of sp³-hybridized carbons (Fsp3) is 0.759. The van der Waals surface area contributed by atoms with Crippen LogP contribution >= 0.6 is 11.6 Å². The number of hydrogen-bond donors (Lipinski definition) is 2. The molecule has 11 nitrogen and oxygen atoms in total. The largest absolute Gasteiger partial charge is 0.481 e. The van der Waals surface area contributed by atoms with Crippen molar-refractivity contribution in [3.05, 3.63) is 46.0 Å². The van der Waals surface area contributed by atoms with Crippen molar-refractivity contribution >= 4 is 41.3 Å². The number of aliphatic carboxylic acids is 2. The Morgan fingerprint density at radius 1 is 0.788 bits per heavy atom. The van der Waals surface area contributed by atoms with Crippen LogP contribution in [0.2, 0.25) is 5.02 Å². The summed E-state index contributed by atoms with van der Waals surface area (Å²) < 4.78 is 13.0. The first-order valence-corrected chi connectivity index (χ1v) is 25.1. The maximum atomic E-state index is 14.8. The maximum Gasteiger partial charge on any atom is 0.309 e. The first-order valence-electron chi connectivity index (χ1n) is 24.7. The highest BCUT2D eigenvalue weighted by Gasteiger charge is 2.71. The van der Waals surface area contributed by atoms with Crippen molar-refractivity contribution in [2.75, 3.05) is 33.7 Å². The van der Waals surface area contributed by atoms with Gasteiger partial charge in [0.25, 0.3) is 0 Å². The summed E-state index contributed by atoms with van der Waals surface area (Å²) in [5, 5.41) is 20.4. The first kappa shape index (κ1) is 52.1. The topological polar surface area (TPSA) is 151 Å². The van der Waals surface area contributed by atoms with Crippen LogP contribution in [0.4, 0.5) is 0 Å². The molecule has 4 fully saturated rings. The van der Waals surface area contributed by atoms with E-state index in [1.54, 1.807) is 27.7 Å². The van der Waals surface area contributed by atoms with Crippen LogP contribution < -0.4 is 0 Å². The minimum atomic E-state index is -1.33. The molecule has 368 valence electrons. The number of carbonyl (C=O) groups is 5. The second-order valence-corrected chi connectivity index (χ2v) is 25.0. The van der Waals surface area contributed by atoms with E-state index in [0.29, 0.717) is 37.0 Å². The van der Waals surface area contributed by atoms with Crippen molar-refractivity contribution in [3.63, 3.8) is 0 Å². The van der Waals surface area contributed by atoms with E-state index in [1.807, 2.05) is 38.4 Å². The maximum absolute atomic E-state index is 14.8. The van der Waals surface area contributed by atoms with Gasteiger partial charge in [-0.25, -0.2) is 0 Å². The fourth-order valence-electron chi connectivity index (χ4n) is 14.5. The van der Waals surface area contributed by atoms with Gasteiger partial charge >= 0.3 is 23.9 Å². The normalized spacial score (nSPS) is 32.3. The molecule has 5 aliphatic carbocycles. The van der Waals surface area contributed by atoms with Gasteiger partial charge in [-0.3, -0.25) is 28.9 Å². The number of esters is 2. The molecule has 1 unspecified atom stereocenters. The van der Waals surface area contributed by atoms with E-state index < -0.39 is 46.2 Å². The van der Waals surface area contributed by atoms with Gasteiger partial charge in [0.15, 0.2) is 5.78 Å². The highest BCUT2D eigenvalue weighted by molar-refractivity contribution is 6.30. The van der Waals surface area contributed by atoms with Gasteiger partial charge in [0.1, 0.15) is 12.2 Å². The SMILES string of the molecule is CC(C)C1=C2[C@H]3CC[C@@H]4[C@@]5(C)CC[C@H](OC(=O)CC(C)(C)C(=O)O)C(C)(C)C5CC[C@@]4(C)[C@]3(C)CC[C@@]2([C@@H](CN(CCN(C)C)Cc2ccc(Cl)cc2)OC(=O)CC(C)(C)C(=O)O)CC1=O. The molecular weight excluding hydrogens is 856 g/mol. The number of nitrogens with zero attached hydrogens (tertiary/aromatic N) is 2. The highest BCUT2D eigenvalue weighted by atomic mass is 35.5. The monoisotopic (exact) mass is 937 g/mol. The van der Waals surface area contributed by atoms with Crippen LogP contribution in [0.15, 0.2) is 35.4 Å². The molecule has 4 saturated carbocycles. The van der Waals surface area contributed by atoms with Crippen LogP contribution in [-0.4, -0.2) is 95.6 Å². The lowest BCUT2D eigenvalue weighted by molar-refractivity contribution is -0.235. The molecule has 0 saturated heterocycles. The Morgan fingerprint density at radius 3 is 1.97 bits per heavy atom. The van der Waals surface area contributed by atoms with Crippen LogP contribution in [0, 0.1) is 61.6 Å². The Labute approximate surface area is 400 Å². The average molecular weight is 938 g/mol. The number of rotatable bonds is 17. The van der Waals surface area contributed by atoms with E-state index in [2.05, 4.69) is 58.3 Å². The van der Waals surface area contributed by atoms with Crippen molar-refractivity contribution in [3.8, 4) is 0 Å². The van der Waals surface area contributed by atoms with Gasteiger partial charge in [-0.15, -0.1) is 0 Å². The van der Waals surface area contributed by atoms with Crippen LogP contribution in [0.25, 0.3) is 0 Å². The number of hydrogen-bond acceptors (Lipinski definition) is 9. The Bertz CT molecular complexity index is 2080. The Kier molecular flexibility index (Phi) is 14.7. The molecular formula is C54H81ClN2O9. The summed E-state index contributed by atoms with van der Waals surface area (Å²) in [5.41, 5.74) is -0.739. The molecule has 0 aliphatic heterocycles. The van der Waals surface area contributed by atoms with Gasteiger partial charge in [0.05, 0.1) is 23.7 Å². The van der Waals surface area contributed by atoms with E-state index in [1.165, 1.54) is 5.57 Å². The number of Topliss-reactive ketones (excluding diaryl/α,β-unsaturated/α-hetero) is 1. The zero-order chi connectivity index (χ0) is 49.2. The predicted octanol–water partition coefficient (Wildman–Crippen LogP) is 10.5. The Morgan fingerprint density at radius 2 is 1.39 bits per heavy atom. The summed E-state index contributed by atoms with van der Waals surface area (Å²) in [7, 11) is 4.08. The molecule has 9 atom stereocenters. The molecule has 1 aromatic rings. The number of likely N-dealkylation sites (N-methyl/N-ethyl adjacent to an activating group) is 1. The van der Waals surface area contributed by atoms with E-state index in [-0.39, 0.29) is 70.6 Å². The number of carbonyl (C=O) groups excluding carboxylic acids is 3. The Balaban J connectivity index is 1.38. The quantitative estimate of drug-likeness (QED) is 0.144. The van der Waals surface area contributed by atoms with E-state index >= 15 is 0 Å². The van der Waals surface area contributed by atoms with Gasteiger partial charge in [0.2, 0.25) is 0 Å². The average Bonchev–Trinajstić information content (AvgIpc) is 3.51. The summed E-state index contributed by atoms with van der Waals surface area (Å²) in [6.45, 7) is 24.9. The van der Waals surface area contributed by atoms with Crippen LogP contribution in [0.5, 0.6) is 0 Å². The van der Waals surface area contributed by atoms with Gasteiger partial charge in [-0.05, 0) is 162 Å². The van der Waals surface area contributed by atoms with Crippen molar-refractivity contribution in [2.24, 2.45) is 61.6 Å². The summed E-state index contributed by atoms with van der Waals surface area (Å²) in [6, 6.07) is 7.81. The molecule has 0 bridgehead atoms. The summed E-state index contributed by atoms with van der Waals surface area (Å²) >= 11 is 6.31. The number of benzene rings is 1. The Hall–Kier alpha value is -3.28. The van der Waals surface area contributed by atoms with E-state index in [9.17, 15) is 34.2 Å². The molecule has 0 aromatic heterocycles. The molecule has 6 rings (SSSR count). The molecule has 0 amide bonds. The zero-order valence-electron chi connectivity index (χ0n) is 42.4. The fourth-order valence-corrected chi connectivity index (χ4v) is 14.6. The van der Waals surface area contributed by atoms with Gasteiger partial charge in [-0.1, -0.05) is 72.2 Å². The molecule has 2 N–H and O–H groups in total. The summed E-state index contributed by atoms with van der Waals surface area (Å²) in [5.74, 6) is -2.24. The van der Waals surface area contributed by atoms with Crippen molar-refractivity contribution < 1.29 is 43.7 Å². The molecule has 1 aromatic carbocycles. The first-order chi connectivity index (χ1) is 30.4. The molecule has 66 heavy (non-hydrogen) atoms. The summed E-state index contributed by atoms with van der Waals surface area (Å²) in [6.07, 6.45) is 5.84. The molecule has 0 radical (unpaired) electrons. The number of carboxylic acid groups (broad SMARTS) is 2. The highest BCUT2D eigenvalue weighted by Crippen LogP contribution is 2.77. The van der Waals surface area contributed by atoms with Crippen molar-refractivity contribution in [1.82, 2.24) is 9.80 Å². The smallest absolute Gasteiger partial charge is 0.309 e. The lowest BCUT2D eigenvalue weighted by Crippen LogP contribution is -2.66. The third kappa shape index (κ3) is 9.41. The molecule has 0 heterocycles. The third-order valence-corrected chi connectivity index (χ3v) is 18.8. The van der Waals surface area contributed by atoms with E-state index in [4.69, 9.17) is 21.1 Å². The lowest BCUT2D eigenvalue weighted by Gasteiger charge is -2.72. The third-order valence-electron chi connectivity index (χ3n) is 18.5. The predicted molar refractivity (Wildman–Crippen MR) is 257 cm³/mol. The van der Waals surface area contributed by atoms with Gasteiger partial charge in [-0.2, -0.15) is 0 Å². The van der Waals surface area contributed by atoms with Crippen molar-refractivity contribution in [2.45, 2.75) is 166 Å². The second kappa shape index (κ2) is 18.6. The molecule has 12 heteroatoms. The number of allylic oxidation sites excluding steroid dienone is 1. The second-order valence-electron chi connectivity index (χ2n) is 24.6. The van der Waals surface area contributed by atoms with E-state index in [0.717, 1.165) is 62.6 Å². The molecule has 5 aliphatic rings. The number of fused-ring (bicyclic) bond motifs is 7. The van der Waals surface area contributed by atoms with Gasteiger partial charge in [0, 0.05) is 48.5 Å². The minimum absolute atomic E-state index is 0.0309. The number of ether oxygens (including phenoxy) is 2. The molecule has 0 spiro atoms. The van der Waals surface area contributed by atoms with Crippen LogP contribution in [-0.2, 0) is 40.0 Å². The van der Waals surface area contributed by atoms with Crippen LogP contribution in [0.1, 0.15) is 152 Å². The van der Waals surface area contributed by atoms with Gasteiger partial charge < -0.3 is 24.6 Å².